The fourth-order valence-electron chi connectivity index (χ4n) is 2.78. The second-order valence-electron chi connectivity index (χ2n) is 4.93. The summed E-state index contributed by atoms with van der Waals surface area (Å²) in [5.41, 5.74) is 0. The first-order chi connectivity index (χ1) is 5.70. The SMILES string of the molecule is CC(C)C[N+]12CCN(CC1)CC2.[Cl-]. The number of hydrogen-bond acceptors (Lipinski definition) is 1. The number of nitrogens with zero attached hydrogens (tertiary/aromatic N) is 2. The van der Waals surface area contributed by atoms with E-state index in [0.29, 0.717) is 0 Å². The second-order valence-corrected chi connectivity index (χ2v) is 4.93. The number of fused-ring (bicyclic) bond motifs is 3. The maximum absolute atomic E-state index is 2.61. The van der Waals surface area contributed by atoms with Gasteiger partial charge < -0.3 is 16.9 Å². The zero-order valence-corrected chi connectivity index (χ0v) is 9.56. The fraction of sp³-hybridized carbons (Fsp3) is 1.00. The molecule has 3 heteroatoms. The first-order valence-electron chi connectivity index (χ1n) is 5.28. The molecule has 3 aliphatic rings. The Morgan fingerprint density at radius 3 is 1.92 bits per heavy atom. The van der Waals surface area contributed by atoms with Crippen LogP contribution in [0.3, 0.4) is 0 Å². The van der Waals surface area contributed by atoms with Crippen LogP contribution >= 0.6 is 0 Å². The van der Waals surface area contributed by atoms with Crippen molar-refractivity contribution in [2.75, 3.05) is 45.8 Å². The van der Waals surface area contributed by atoms with Gasteiger partial charge in [-0.05, 0) is 0 Å². The van der Waals surface area contributed by atoms with Gasteiger partial charge in [-0.15, -0.1) is 0 Å². The monoisotopic (exact) mass is 204 g/mol. The highest BCUT2D eigenvalue weighted by Gasteiger charge is 2.38. The van der Waals surface area contributed by atoms with Gasteiger partial charge in [-0.1, -0.05) is 13.8 Å². The van der Waals surface area contributed by atoms with Crippen LogP contribution in [0.25, 0.3) is 0 Å². The van der Waals surface area contributed by atoms with Gasteiger partial charge in [0.25, 0.3) is 0 Å². The third-order valence-corrected chi connectivity index (χ3v) is 3.42. The van der Waals surface area contributed by atoms with E-state index < -0.39 is 0 Å². The molecule has 0 spiro atoms. The molecule has 2 bridgehead atoms. The van der Waals surface area contributed by atoms with Crippen molar-refractivity contribution in [2.24, 2.45) is 5.92 Å². The summed E-state index contributed by atoms with van der Waals surface area (Å²) in [6, 6.07) is 0. The highest BCUT2D eigenvalue weighted by atomic mass is 35.5. The lowest BCUT2D eigenvalue weighted by Crippen LogP contribution is -3.00. The van der Waals surface area contributed by atoms with Crippen LogP contribution in [0.5, 0.6) is 0 Å². The van der Waals surface area contributed by atoms with Crippen molar-refractivity contribution in [3.05, 3.63) is 0 Å². The van der Waals surface area contributed by atoms with Crippen molar-refractivity contribution in [3.63, 3.8) is 0 Å². The van der Waals surface area contributed by atoms with E-state index in [-0.39, 0.29) is 12.4 Å². The number of halogens is 1. The van der Waals surface area contributed by atoms with Crippen molar-refractivity contribution < 1.29 is 16.9 Å². The largest absolute Gasteiger partial charge is 1.00 e. The Labute approximate surface area is 87.9 Å². The van der Waals surface area contributed by atoms with E-state index in [9.17, 15) is 0 Å². The lowest BCUT2D eigenvalue weighted by molar-refractivity contribution is -0.943. The summed E-state index contributed by atoms with van der Waals surface area (Å²) >= 11 is 0. The molecule has 3 rings (SSSR count). The number of hydrogen-bond donors (Lipinski definition) is 0. The van der Waals surface area contributed by atoms with Crippen LogP contribution in [0.2, 0.25) is 0 Å². The Hall–Kier alpha value is 0.210. The molecule has 0 unspecified atom stereocenters. The highest BCUT2D eigenvalue weighted by Crippen LogP contribution is 2.21. The Balaban J connectivity index is 0.000000845. The van der Waals surface area contributed by atoms with Crippen LogP contribution in [0.1, 0.15) is 13.8 Å². The van der Waals surface area contributed by atoms with Gasteiger partial charge in [0.1, 0.15) is 0 Å². The number of piperazine rings is 3. The van der Waals surface area contributed by atoms with Crippen LogP contribution in [0.4, 0.5) is 0 Å². The summed E-state index contributed by atoms with van der Waals surface area (Å²) in [7, 11) is 0. The predicted octanol–water partition coefficient (Wildman–Crippen LogP) is -2.21. The van der Waals surface area contributed by atoms with Crippen molar-refractivity contribution in [1.29, 1.82) is 0 Å². The summed E-state index contributed by atoms with van der Waals surface area (Å²) < 4.78 is 1.42. The molecular formula is C10H21ClN2. The Bertz CT molecular complexity index is 149. The van der Waals surface area contributed by atoms with Gasteiger partial charge in [0.2, 0.25) is 0 Å². The third kappa shape index (κ3) is 2.36. The minimum atomic E-state index is 0. The van der Waals surface area contributed by atoms with E-state index >= 15 is 0 Å². The number of quaternary nitrogens is 1. The molecule has 3 aliphatic heterocycles. The van der Waals surface area contributed by atoms with Crippen LogP contribution in [0.15, 0.2) is 0 Å². The maximum Gasteiger partial charge on any atom is 0.0916 e. The molecule has 0 N–H and O–H groups in total. The van der Waals surface area contributed by atoms with E-state index in [2.05, 4.69) is 18.7 Å². The van der Waals surface area contributed by atoms with Gasteiger partial charge in [0, 0.05) is 25.6 Å². The van der Waals surface area contributed by atoms with Gasteiger partial charge >= 0.3 is 0 Å². The maximum atomic E-state index is 2.61. The summed E-state index contributed by atoms with van der Waals surface area (Å²) in [5, 5.41) is 0. The molecule has 13 heavy (non-hydrogen) atoms. The molecule has 3 fully saturated rings. The lowest BCUT2D eigenvalue weighted by atomic mass is 10.1. The van der Waals surface area contributed by atoms with E-state index in [0.717, 1.165) is 5.92 Å². The molecule has 0 radical (unpaired) electrons. The minimum Gasteiger partial charge on any atom is -1.00 e. The van der Waals surface area contributed by atoms with Crippen LogP contribution in [0, 0.1) is 5.92 Å². The summed E-state index contributed by atoms with van der Waals surface area (Å²) in [5.74, 6) is 0.870. The van der Waals surface area contributed by atoms with Gasteiger partial charge in [0.15, 0.2) is 0 Å². The first-order valence-corrected chi connectivity index (χ1v) is 5.28. The zero-order chi connectivity index (χ0) is 8.60. The second kappa shape index (κ2) is 4.16. The van der Waals surface area contributed by atoms with E-state index in [1.807, 2.05) is 0 Å². The average Bonchev–Trinajstić information content (AvgIpc) is 2.05. The number of rotatable bonds is 2. The topological polar surface area (TPSA) is 3.24 Å². The van der Waals surface area contributed by atoms with E-state index in [1.165, 1.54) is 50.3 Å². The van der Waals surface area contributed by atoms with E-state index in [4.69, 9.17) is 0 Å². The van der Waals surface area contributed by atoms with E-state index in [1.54, 1.807) is 0 Å². The fourth-order valence-corrected chi connectivity index (χ4v) is 2.78. The van der Waals surface area contributed by atoms with Crippen molar-refractivity contribution in [3.8, 4) is 0 Å². The van der Waals surface area contributed by atoms with Crippen LogP contribution < -0.4 is 12.4 Å². The molecule has 2 nitrogen and oxygen atoms in total. The molecule has 0 aliphatic carbocycles. The molecule has 0 aromatic heterocycles. The summed E-state index contributed by atoms with van der Waals surface area (Å²) in [6.07, 6.45) is 0. The molecule has 3 heterocycles. The molecular weight excluding hydrogens is 184 g/mol. The standard InChI is InChI=1S/C10H21N2.ClH/c1-10(2)9-12-6-3-11(4-7-12)5-8-12;/h10H,3-9H2,1-2H3;1H/q+1;/p-1. The third-order valence-electron chi connectivity index (χ3n) is 3.42. The van der Waals surface area contributed by atoms with Gasteiger partial charge in [0.05, 0.1) is 26.2 Å². The Kier molecular flexibility index (Phi) is 3.61. The van der Waals surface area contributed by atoms with Crippen molar-refractivity contribution >= 4 is 0 Å². The van der Waals surface area contributed by atoms with Gasteiger partial charge in [-0.25, -0.2) is 0 Å². The molecule has 0 atom stereocenters. The Morgan fingerprint density at radius 2 is 1.54 bits per heavy atom. The Morgan fingerprint density at radius 1 is 1.08 bits per heavy atom. The summed E-state index contributed by atoms with van der Waals surface area (Å²) in [6.45, 7) is 14.4. The van der Waals surface area contributed by atoms with Gasteiger partial charge in [-0.2, -0.15) is 0 Å². The molecule has 0 aromatic carbocycles. The van der Waals surface area contributed by atoms with Crippen LogP contribution in [-0.2, 0) is 0 Å². The van der Waals surface area contributed by atoms with Gasteiger partial charge in [-0.3, -0.25) is 4.90 Å². The minimum absolute atomic E-state index is 0. The normalized spacial score (nSPS) is 37.6. The zero-order valence-electron chi connectivity index (χ0n) is 8.80. The smallest absolute Gasteiger partial charge is 0.0916 e. The quantitative estimate of drug-likeness (QED) is 0.462. The first kappa shape index (κ1) is 11.3. The predicted molar refractivity (Wildman–Crippen MR) is 51.0 cm³/mol. The molecule has 0 amide bonds. The lowest BCUT2D eigenvalue weighted by Gasteiger charge is -2.51. The molecule has 78 valence electrons. The summed E-state index contributed by atoms with van der Waals surface area (Å²) in [4.78, 5) is 2.61. The molecule has 3 saturated heterocycles. The highest BCUT2D eigenvalue weighted by molar-refractivity contribution is 4.71. The van der Waals surface area contributed by atoms with Crippen molar-refractivity contribution in [1.82, 2.24) is 4.90 Å². The molecule has 0 saturated carbocycles. The van der Waals surface area contributed by atoms with Crippen LogP contribution in [-0.4, -0.2) is 55.2 Å². The average molecular weight is 205 g/mol. The van der Waals surface area contributed by atoms with Crippen molar-refractivity contribution in [2.45, 2.75) is 13.8 Å². The molecule has 0 aromatic rings.